The monoisotopic (exact) mass is 762 g/mol. The van der Waals surface area contributed by atoms with Crippen molar-refractivity contribution in [3.05, 3.63) is 0 Å². The number of nitrogens with one attached hydrogen (secondary N) is 8. The van der Waals surface area contributed by atoms with E-state index in [9.17, 15) is 68.7 Å². The lowest BCUT2D eigenvalue weighted by Gasteiger charge is -2.28. The molecule has 1 fully saturated rings. The number of carbonyl (C=O) groups is 9. The normalized spacial score (nSPS) is 18.4. The molecule has 1 heterocycles. The van der Waals surface area contributed by atoms with E-state index >= 15 is 0 Å². The standard InChI is InChI=1S/C30H50N8O15/c1-12(2)21(37-24(46)16(8-20(43)44)33-23(45)15-6-5-7-31-15)28(50)36-18(10-40)26(48)34-17(9-39)25(47)35-19(11-41)27(49)38-22(14(4)42)29(51)32-13(3)30(52)53/h12-19,21-22,31,39-42H,5-11H2,1-4H3,(H,32,51)(H,33,45)(H,34,48)(H,35,47)(H,36,50)(H,37,46)(H,38,49)(H,43,44)(H,52,53)/t13-,14+,15-,16-,17-,18-,19-,21-,22-/m0/s1. The van der Waals surface area contributed by atoms with Crippen molar-refractivity contribution in [2.75, 3.05) is 26.4 Å². The van der Waals surface area contributed by atoms with Gasteiger partial charge in [0.1, 0.15) is 42.3 Å². The van der Waals surface area contributed by atoms with Gasteiger partial charge in [-0.15, -0.1) is 0 Å². The summed E-state index contributed by atoms with van der Waals surface area (Å²) >= 11 is 0. The number of carboxylic acids is 2. The van der Waals surface area contributed by atoms with Crippen molar-refractivity contribution in [1.82, 2.24) is 42.5 Å². The van der Waals surface area contributed by atoms with Crippen LogP contribution >= 0.6 is 0 Å². The highest BCUT2D eigenvalue weighted by Gasteiger charge is 2.36. The fraction of sp³-hybridized carbons (Fsp3) is 0.700. The first-order chi connectivity index (χ1) is 24.8. The molecule has 0 saturated carbocycles. The molecule has 0 spiro atoms. The van der Waals surface area contributed by atoms with Crippen LogP contribution in [-0.2, 0) is 43.2 Å². The summed E-state index contributed by atoms with van der Waals surface area (Å²) in [6, 6.07) is -12.2. The number of carboxylic acid groups (broad SMARTS) is 2. The third-order valence-corrected chi connectivity index (χ3v) is 7.87. The fourth-order valence-corrected chi connectivity index (χ4v) is 4.77. The summed E-state index contributed by atoms with van der Waals surface area (Å²) in [5.41, 5.74) is 0. The lowest BCUT2D eigenvalue weighted by molar-refractivity contribution is -0.142. The molecule has 0 aromatic carbocycles. The number of hydrogen-bond donors (Lipinski definition) is 14. The molecule has 300 valence electrons. The summed E-state index contributed by atoms with van der Waals surface area (Å²) in [5.74, 6) is -11.0. The van der Waals surface area contributed by atoms with E-state index in [1.165, 1.54) is 13.8 Å². The Bertz CT molecular complexity index is 1340. The lowest BCUT2D eigenvalue weighted by Crippen LogP contribution is -2.62. The number of aliphatic carboxylic acids is 2. The van der Waals surface area contributed by atoms with E-state index < -0.39 is 140 Å². The zero-order chi connectivity index (χ0) is 40.6. The van der Waals surface area contributed by atoms with Gasteiger partial charge in [-0.2, -0.15) is 0 Å². The zero-order valence-electron chi connectivity index (χ0n) is 29.6. The second-order valence-corrected chi connectivity index (χ2v) is 12.6. The first-order valence-electron chi connectivity index (χ1n) is 16.6. The zero-order valence-corrected chi connectivity index (χ0v) is 29.6. The Kier molecular flexibility index (Phi) is 19.3. The minimum Gasteiger partial charge on any atom is -0.481 e. The molecule has 0 aliphatic carbocycles. The molecular formula is C30H50N8O15. The van der Waals surface area contributed by atoms with E-state index in [-0.39, 0.29) is 0 Å². The summed E-state index contributed by atoms with van der Waals surface area (Å²) in [6.07, 6.45) is -1.23. The molecule has 0 bridgehead atoms. The van der Waals surface area contributed by atoms with E-state index in [4.69, 9.17) is 5.11 Å². The predicted molar refractivity (Wildman–Crippen MR) is 178 cm³/mol. The Morgan fingerprint density at radius 2 is 1.04 bits per heavy atom. The van der Waals surface area contributed by atoms with Gasteiger partial charge in [-0.05, 0) is 39.2 Å². The van der Waals surface area contributed by atoms with Crippen molar-refractivity contribution < 1.29 is 73.8 Å². The molecule has 53 heavy (non-hydrogen) atoms. The highest BCUT2D eigenvalue weighted by molar-refractivity contribution is 5.98. The van der Waals surface area contributed by atoms with Crippen molar-refractivity contribution in [1.29, 1.82) is 0 Å². The van der Waals surface area contributed by atoms with Crippen molar-refractivity contribution in [3.8, 4) is 0 Å². The number of rotatable bonds is 22. The highest BCUT2D eigenvalue weighted by atomic mass is 16.4. The lowest BCUT2D eigenvalue weighted by atomic mass is 10.0. The van der Waals surface area contributed by atoms with Crippen LogP contribution in [0.25, 0.3) is 0 Å². The topological polar surface area (TPSA) is 371 Å². The quantitative estimate of drug-likeness (QED) is 0.0487. The SMILES string of the molecule is CC(C)[C@H](NC(=O)[C@H](CC(=O)O)NC(=O)[C@@H]1CCCN1)C(=O)N[C@@H](CO)C(=O)N[C@@H](CO)C(=O)N[C@@H](CO)C(=O)N[C@H](C(=O)N[C@@H](C)C(=O)O)[C@@H](C)O. The Hall–Kier alpha value is -4.97. The van der Waals surface area contributed by atoms with Gasteiger partial charge in [0, 0.05) is 0 Å². The van der Waals surface area contributed by atoms with Crippen LogP contribution in [0.2, 0.25) is 0 Å². The Labute approximate surface area is 303 Å². The van der Waals surface area contributed by atoms with Crippen molar-refractivity contribution in [2.45, 2.75) is 101 Å². The molecular weight excluding hydrogens is 712 g/mol. The van der Waals surface area contributed by atoms with Crippen molar-refractivity contribution >= 4 is 53.3 Å². The molecule has 7 amide bonds. The molecule has 23 nitrogen and oxygen atoms in total. The molecule has 1 rings (SSSR count). The molecule has 1 saturated heterocycles. The largest absolute Gasteiger partial charge is 0.481 e. The third kappa shape index (κ3) is 14.9. The minimum absolute atomic E-state index is 0.465. The molecule has 0 radical (unpaired) electrons. The van der Waals surface area contributed by atoms with Crippen molar-refractivity contribution in [3.63, 3.8) is 0 Å². The molecule has 23 heteroatoms. The van der Waals surface area contributed by atoms with Crippen molar-refractivity contribution in [2.24, 2.45) is 5.92 Å². The molecule has 9 atom stereocenters. The van der Waals surface area contributed by atoms with Gasteiger partial charge in [0.2, 0.25) is 41.4 Å². The second-order valence-electron chi connectivity index (χ2n) is 12.6. The van der Waals surface area contributed by atoms with Crippen LogP contribution in [0.15, 0.2) is 0 Å². The van der Waals surface area contributed by atoms with E-state index in [0.29, 0.717) is 19.4 Å². The maximum atomic E-state index is 13.2. The van der Waals surface area contributed by atoms with Crippen LogP contribution in [-0.4, -0.2) is 165 Å². The molecule has 0 unspecified atom stereocenters. The number of aliphatic hydroxyl groups excluding tert-OH is 4. The van der Waals surface area contributed by atoms with E-state index in [2.05, 4.69) is 26.6 Å². The average molecular weight is 763 g/mol. The Morgan fingerprint density at radius 3 is 1.43 bits per heavy atom. The van der Waals surface area contributed by atoms with Gasteiger partial charge >= 0.3 is 11.9 Å². The van der Waals surface area contributed by atoms with Crippen LogP contribution in [0.5, 0.6) is 0 Å². The van der Waals surface area contributed by atoms with Gasteiger partial charge in [0.15, 0.2) is 0 Å². The van der Waals surface area contributed by atoms with Gasteiger partial charge in [-0.25, -0.2) is 0 Å². The predicted octanol–water partition coefficient (Wildman–Crippen LogP) is -7.28. The van der Waals surface area contributed by atoms with Gasteiger partial charge in [-0.1, -0.05) is 13.8 Å². The van der Waals surface area contributed by atoms with Crippen LogP contribution in [0.3, 0.4) is 0 Å². The second kappa shape index (κ2) is 22.2. The van der Waals surface area contributed by atoms with Gasteiger partial charge < -0.3 is 73.2 Å². The van der Waals surface area contributed by atoms with Crippen LogP contribution in [0, 0.1) is 5.92 Å². The van der Waals surface area contributed by atoms with Gasteiger partial charge in [-0.3, -0.25) is 43.2 Å². The molecule has 1 aliphatic heterocycles. The minimum atomic E-state index is -1.85. The molecule has 14 N–H and O–H groups in total. The van der Waals surface area contributed by atoms with E-state index in [0.717, 1.165) is 13.8 Å². The summed E-state index contributed by atoms with van der Waals surface area (Å²) in [5, 5.41) is 75.5. The van der Waals surface area contributed by atoms with E-state index in [1.54, 1.807) is 0 Å². The van der Waals surface area contributed by atoms with Crippen LogP contribution in [0.4, 0.5) is 0 Å². The summed E-state index contributed by atoms with van der Waals surface area (Å²) < 4.78 is 0. The Morgan fingerprint density at radius 1 is 0.604 bits per heavy atom. The summed E-state index contributed by atoms with van der Waals surface area (Å²) in [7, 11) is 0. The first kappa shape index (κ1) is 46.1. The maximum Gasteiger partial charge on any atom is 0.325 e. The maximum absolute atomic E-state index is 13.2. The molecule has 0 aromatic heterocycles. The summed E-state index contributed by atoms with van der Waals surface area (Å²) in [6.45, 7) is 2.51. The smallest absolute Gasteiger partial charge is 0.325 e. The Balaban J connectivity index is 2.97. The van der Waals surface area contributed by atoms with E-state index in [1.807, 2.05) is 16.0 Å². The average Bonchev–Trinajstić information content (AvgIpc) is 3.63. The molecule has 0 aromatic rings. The van der Waals surface area contributed by atoms with Crippen LogP contribution in [0.1, 0.15) is 47.0 Å². The van der Waals surface area contributed by atoms with Crippen LogP contribution < -0.4 is 42.5 Å². The van der Waals surface area contributed by atoms with Gasteiger partial charge in [0.05, 0.1) is 38.4 Å². The van der Waals surface area contributed by atoms with Gasteiger partial charge in [0.25, 0.3) is 0 Å². The number of hydrogen-bond acceptors (Lipinski definition) is 14. The number of aliphatic hydroxyl groups is 4. The highest BCUT2D eigenvalue weighted by Crippen LogP contribution is 2.08. The fourth-order valence-electron chi connectivity index (χ4n) is 4.77. The number of amides is 7. The summed E-state index contributed by atoms with van der Waals surface area (Å²) in [4.78, 5) is 112. The third-order valence-electron chi connectivity index (χ3n) is 7.87. The molecule has 1 aliphatic rings. The first-order valence-corrected chi connectivity index (χ1v) is 16.6. The number of carbonyl (C=O) groups excluding carboxylic acids is 7.